The van der Waals surface area contributed by atoms with Crippen LogP contribution < -0.4 is 5.32 Å². The van der Waals surface area contributed by atoms with Gasteiger partial charge in [-0.15, -0.1) is 0 Å². The van der Waals surface area contributed by atoms with Crippen LogP contribution in [-0.2, 0) is 20.8 Å². The molecular formula is C17H14F3NO5S. The normalized spacial score (nSPS) is 11.7. The predicted molar refractivity (Wildman–Crippen MR) is 90.3 cm³/mol. The Labute approximate surface area is 152 Å². The van der Waals surface area contributed by atoms with Crippen molar-refractivity contribution in [3.63, 3.8) is 0 Å². The Morgan fingerprint density at radius 3 is 2.04 bits per heavy atom. The Kier molecular flexibility index (Phi) is 5.89. The van der Waals surface area contributed by atoms with Crippen molar-refractivity contribution in [3.8, 4) is 0 Å². The molecule has 10 heteroatoms. The number of carbonyl (C=O) groups is 2. The fraction of sp³-hybridized carbons (Fsp3) is 0.176. The van der Waals surface area contributed by atoms with Gasteiger partial charge >= 0.3 is 12.3 Å². The summed E-state index contributed by atoms with van der Waals surface area (Å²) in [7, 11) is -3.40. The average Bonchev–Trinajstić information content (AvgIpc) is 2.58. The third-order valence-corrected chi connectivity index (χ3v) is 4.53. The van der Waals surface area contributed by atoms with Gasteiger partial charge < -0.3 is 4.74 Å². The lowest BCUT2D eigenvalue weighted by atomic mass is 10.1. The van der Waals surface area contributed by atoms with Crippen LogP contribution in [0.25, 0.3) is 0 Å². The van der Waals surface area contributed by atoms with Crippen molar-refractivity contribution in [2.75, 3.05) is 18.2 Å². The Morgan fingerprint density at radius 1 is 1.00 bits per heavy atom. The Morgan fingerprint density at radius 2 is 1.56 bits per heavy atom. The van der Waals surface area contributed by atoms with Crippen molar-refractivity contribution in [1.82, 2.24) is 0 Å². The summed E-state index contributed by atoms with van der Waals surface area (Å²) in [6.45, 7) is -0.620. The van der Waals surface area contributed by atoms with Crippen molar-refractivity contribution < 1.29 is 35.9 Å². The molecule has 0 spiro atoms. The van der Waals surface area contributed by atoms with Gasteiger partial charge in [-0.3, -0.25) is 10.1 Å². The van der Waals surface area contributed by atoms with Gasteiger partial charge in [-0.05, 0) is 48.5 Å². The zero-order valence-corrected chi connectivity index (χ0v) is 14.7. The number of carbonyl (C=O) groups excluding carboxylic acids is 2. The number of halogens is 3. The van der Waals surface area contributed by atoms with Crippen LogP contribution in [0.1, 0.15) is 15.9 Å². The van der Waals surface area contributed by atoms with Crippen molar-refractivity contribution in [1.29, 1.82) is 0 Å². The number of nitrogens with one attached hydrogen (secondary N) is 1. The second-order valence-electron chi connectivity index (χ2n) is 5.50. The standard InChI is InChI=1S/C17H14F3NO5S/c1-27(24,25)14-8-2-11(3-9-14)15(22)10-26-16(23)21-13-6-4-12(5-7-13)17(18,19)20/h2-9H,10H2,1H3,(H,21,23). The molecule has 0 aliphatic rings. The van der Waals surface area contributed by atoms with E-state index in [0.717, 1.165) is 30.5 Å². The first-order valence-electron chi connectivity index (χ1n) is 7.41. The van der Waals surface area contributed by atoms with Crippen LogP contribution in [-0.4, -0.2) is 33.2 Å². The first-order valence-corrected chi connectivity index (χ1v) is 9.30. The van der Waals surface area contributed by atoms with E-state index in [9.17, 15) is 31.2 Å². The highest BCUT2D eigenvalue weighted by molar-refractivity contribution is 7.90. The molecule has 6 nitrogen and oxygen atoms in total. The van der Waals surface area contributed by atoms with Gasteiger partial charge in [0.2, 0.25) is 0 Å². The van der Waals surface area contributed by atoms with Gasteiger partial charge in [0.15, 0.2) is 22.2 Å². The molecule has 1 N–H and O–H groups in total. The Bertz CT molecular complexity index is 936. The summed E-state index contributed by atoms with van der Waals surface area (Å²) in [5, 5.41) is 2.20. The van der Waals surface area contributed by atoms with Crippen molar-refractivity contribution >= 4 is 27.4 Å². The minimum absolute atomic E-state index is 0.0417. The van der Waals surface area contributed by atoms with Crippen LogP contribution in [0.15, 0.2) is 53.4 Å². The lowest BCUT2D eigenvalue weighted by Crippen LogP contribution is -2.19. The number of benzene rings is 2. The number of ether oxygens (including phenoxy) is 1. The van der Waals surface area contributed by atoms with Crippen LogP contribution in [0.3, 0.4) is 0 Å². The molecule has 0 unspecified atom stereocenters. The number of Topliss-reactive ketones (excluding diaryl/α,β-unsaturated/α-hetero) is 1. The molecule has 0 aliphatic carbocycles. The van der Waals surface area contributed by atoms with E-state index >= 15 is 0 Å². The van der Waals surface area contributed by atoms with Crippen molar-refractivity contribution in [2.24, 2.45) is 0 Å². The van der Waals surface area contributed by atoms with Gasteiger partial charge in [-0.25, -0.2) is 13.2 Å². The summed E-state index contributed by atoms with van der Waals surface area (Å²) in [5.41, 5.74) is -0.656. The quantitative estimate of drug-likeness (QED) is 0.774. The summed E-state index contributed by atoms with van der Waals surface area (Å²) in [6, 6.07) is 8.78. The number of anilines is 1. The first kappa shape index (κ1) is 20.4. The maximum absolute atomic E-state index is 12.5. The molecule has 0 radical (unpaired) electrons. The summed E-state index contributed by atoms with van der Waals surface area (Å²) in [4.78, 5) is 23.6. The highest BCUT2D eigenvalue weighted by atomic mass is 32.2. The van der Waals surface area contributed by atoms with Crippen LogP contribution in [0.5, 0.6) is 0 Å². The molecule has 0 heterocycles. The van der Waals surface area contributed by atoms with Gasteiger partial charge in [0, 0.05) is 17.5 Å². The van der Waals surface area contributed by atoms with Gasteiger partial charge in [0.25, 0.3) is 0 Å². The fourth-order valence-corrected chi connectivity index (χ4v) is 2.63. The number of ketones is 1. The maximum atomic E-state index is 12.5. The topological polar surface area (TPSA) is 89.5 Å². The number of rotatable bonds is 5. The highest BCUT2D eigenvalue weighted by Crippen LogP contribution is 2.29. The molecule has 2 aromatic carbocycles. The summed E-state index contributed by atoms with van der Waals surface area (Å²) in [6.07, 6.45) is -4.48. The third kappa shape index (κ3) is 5.81. The molecule has 0 aliphatic heterocycles. The van der Waals surface area contributed by atoms with E-state index in [0.29, 0.717) is 0 Å². The number of alkyl halides is 3. The minimum Gasteiger partial charge on any atom is -0.441 e. The van der Waals surface area contributed by atoms with Gasteiger partial charge in [0.1, 0.15) is 0 Å². The highest BCUT2D eigenvalue weighted by Gasteiger charge is 2.30. The van der Waals surface area contributed by atoms with Gasteiger partial charge in [0.05, 0.1) is 10.5 Å². The number of sulfone groups is 1. The monoisotopic (exact) mass is 401 g/mol. The lowest BCUT2D eigenvalue weighted by molar-refractivity contribution is -0.137. The molecule has 0 saturated heterocycles. The van der Waals surface area contributed by atoms with E-state index < -0.39 is 40.1 Å². The second kappa shape index (κ2) is 7.78. The number of amides is 1. The van der Waals surface area contributed by atoms with Crippen molar-refractivity contribution in [3.05, 3.63) is 59.7 Å². The van der Waals surface area contributed by atoms with E-state index in [1.807, 2.05) is 0 Å². The van der Waals surface area contributed by atoms with Crippen LogP contribution in [0.4, 0.5) is 23.7 Å². The molecule has 0 saturated carbocycles. The molecule has 2 aromatic rings. The summed E-state index contributed by atoms with van der Waals surface area (Å²) >= 11 is 0. The molecule has 0 fully saturated rings. The van der Waals surface area contributed by atoms with Crippen LogP contribution in [0.2, 0.25) is 0 Å². The minimum atomic E-state index is -4.49. The van der Waals surface area contributed by atoms with Crippen molar-refractivity contribution in [2.45, 2.75) is 11.1 Å². The zero-order chi connectivity index (χ0) is 20.2. The van der Waals surface area contributed by atoms with E-state index in [4.69, 9.17) is 4.74 Å². The van der Waals surface area contributed by atoms with E-state index in [-0.39, 0.29) is 16.1 Å². The molecule has 2 rings (SSSR count). The Hall–Kier alpha value is -2.88. The molecule has 1 amide bonds. The van der Waals surface area contributed by atoms with E-state index in [1.54, 1.807) is 0 Å². The molecule has 144 valence electrons. The fourth-order valence-electron chi connectivity index (χ4n) is 2.00. The Balaban J connectivity index is 1.90. The number of hydrogen-bond acceptors (Lipinski definition) is 5. The number of hydrogen-bond donors (Lipinski definition) is 1. The smallest absolute Gasteiger partial charge is 0.416 e. The molecule has 27 heavy (non-hydrogen) atoms. The van der Waals surface area contributed by atoms with Gasteiger partial charge in [-0.2, -0.15) is 13.2 Å². The summed E-state index contributed by atoms with van der Waals surface area (Å²) in [5.74, 6) is -0.572. The second-order valence-corrected chi connectivity index (χ2v) is 7.51. The third-order valence-electron chi connectivity index (χ3n) is 3.40. The first-order chi connectivity index (χ1) is 12.5. The predicted octanol–water partition coefficient (Wildman–Crippen LogP) is 3.54. The lowest BCUT2D eigenvalue weighted by Gasteiger charge is -2.09. The van der Waals surface area contributed by atoms with E-state index in [1.165, 1.54) is 24.3 Å². The van der Waals surface area contributed by atoms with Gasteiger partial charge in [-0.1, -0.05) is 0 Å². The molecule has 0 bridgehead atoms. The summed E-state index contributed by atoms with van der Waals surface area (Å²) < 4.78 is 64.8. The van der Waals surface area contributed by atoms with Crippen LogP contribution >= 0.6 is 0 Å². The molecular weight excluding hydrogens is 387 g/mol. The van der Waals surface area contributed by atoms with E-state index in [2.05, 4.69) is 5.32 Å². The average molecular weight is 401 g/mol. The SMILES string of the molecule is CS(=O)(=O)c1ccc(C(=O)COC(=O)Nc2ccc(C(F)(F)F)cc2)cc1. The molecule has 0 atom stereocenters. The largest absolute Gasteiger partial charge is 0.441 e. The van der Waals surface area contributed by atoms with Crippen LogP contribution in [0, 0.1) is 0 Å². The maximum Gasteiger partial charge on any atom is 0.416 e. The molecule has 0 aromatic heterocycles. The zero-order valence-electron chi connectivity index (χ0n) is 13.9.